The molecule has 86 valence electrons. The summed E-state index contributed by atoms with van der Waals surface area (Å²) in [5.74, 6) is 0.361. The van der Waals surface area contributed by atoms with Gasteiger partial charge in [-0.05, 0) is 32.1 Å². The third-order valence-electron chi connectivity index (χ3n) is 3.03. The summed E-state index contributed by atoms with van der Waals surface area (Å²) in [6.07, 6.45) is 8.97. The quantitative estimate of drug-likeness (QED) is 0.524. The molecule has 0 atom stereocenters. The molecule has 1 saturated carbocycles. The molecule has 0 saturated heterocycles. The number of carbonyl (C=O) groups is 1. The molecule has 0 radical (unpaired) electrons. The molecule has 0 unspecified atom stereocenters. The molecule has 0 aromatic heterocycles. The van der Waals surface area contributed by atoms with Gasteiger partial charge in [0.1, 0.15) is 0 Å². The maximum absolute atomic E-state index is 11.7. The lowest BCUT2D eigenvalue weighted by Gasteiger charge is -2.23. The average molecular weight is 210 g/mol. The molecule has 0 bridgehead atoms. The van der Waals surface area contributed by atoms with E-state index in [2.05, 4.69) is 0 Å². The highest BCUT2D eigenvalue weighted by Crippen LogP contribution is 2.30. The zero-order valence-corrected chi connectivity index (χ0v) is 9.92. The van der Waals surface area contributed by atoms with Crippen LogP contribution in [-0.4, -0.2) is 12.6 Å². The van der Waals surface area contributed by atoms with Gasteiger partial charge in [-0.25, -0.2) is 4.79 Å². The summed E-state index contributed by atoms with van der Waals surface area (Å²) in [6, 6.07) is 0. The first-order chi connectivity index (χ1) is 7.29. The van der Waals surface area contributed by atoms with Crippen LogP contribution in [0.5, 0.6) is 0 Å². The van der Waals surface area contributed by atoms with Gasteiger partial charge < -0.3 is 4.74 Å². The number of carbonyl (C=O) groups excluding carboxylic acids is 1. The maximum atomic E-state index is 11.7. The standard InChI is InChI=1S/C13H22O2/c1-3-10-15-13(14)12(4-2)11-8-6-5-7-9-11/h4,11H,3,5-10H2,1-2H3. The van der Waals surface area contributed by atoms with Gasteiger partial charge in [0, 0.05) is 5.57 Å². The molecule has 0 aliphatic heterocycles. The van der Waals surface area contributed by atoms with E-state index < -0.39 is 0 Å². The molecule has 0 aromatic carbocycles. The second kappa shape index (κ2) is 6.65. The van der Waals surface area contributed by atoms with Crippen molar-refractivity contribution in [1.29, 1.82) is 0 Å². The van der Waals surface area contributed by atoms with Crippen LogP contribution in [0.25, 0.3) is 0 Å². The largest absolute Gasteiger partial charge is 0.462 e. The minimum Gasteiger partial charge on any atom is -0.462 e. The number of rotatable bonds is 4. The molecule has 1 aliphatic rings. The Bertz CT molecular complexity index is 225. The lowest BCUT2D eigenvalue weighted by atomic mass is 9.83. The Hall–Kier alpha value is -0.790. The Morgan fingerprint density at radius 3 is 2.53 bits per heavy atom. The van der Waals surface area contributed by atoms with Crippen LogP contribution >= 0.6 is 0 Å². The lowest BCUT2D eigenvalue weighted by Crippen LogP contribution is -2.18. The fourth-order valence-corrected chi connectivity index (χ4v) is 2.21. The molecule has 2 nitrogen and oxygen atoms in total. The van der Waals surface area contributed by atoms with E-state index in [1.54, 1.807) is 0 Å². The van der Waals surface area contributed by atoms with Crippen LogP contribution in [0.15, 0.2) is 11.6 Å². The number of allylic oxidation sites excluding steroid dienone is 1. The van der Waals surface area contributed by atoms with Gasteiger partial charge >= 0.3 is 5.97 Å². The molecule has 1 aliphatic carbocycles. The van der Waals surface area contributed by atoms with Gasteiger partial charge in [0.25, 0.3) is 0 Å². The summed E-state index contributed by atoms with van der Waals surface area (Å²) >= 11 is 0. The Kier molecular flexibility index (Phi) is 5.44. The Morgan fingerprint density at radius 1 is 1.33 bits per heavy atom. The molecule has 15 heavy (non-hydrogen) atoms. The normalized spacial score (nSPS) is 18.9. The minimum atomic E-state index is -0.0914. The van der Waals surface area contributed by atoms with Gasteiger partial charge in [0.05, 0.1) is 6.61 Å². The third kappa shape index (κ3) is 3.69. The van der Waals surface area contributed by atoms with Gasteiger partial charge in [-0.1, -0.05) is 32.3 Å². The average Bonchev–Trinajstić information content (AvgIpc) is 2.29. The van der Waals surface area contributed by atoms with E-state index in [9.17, 15) is 4.79 Å². The summed E-state index contributed by atoms with van der Waals surface area (Å²) in [6.45, 7) is 4.50. The zero-order valence-electron chi connectivity index (χ0n) is 9.92. The number of esters is 1. The van der Waals surface area contributed by atoms with Crippen molar-refractivity contribution in [3.05, 3.63) is 11.6 Å². The summed E-state index contributed by atoms with van der Waals surface area (Å²) < 4.78 is 5.19. The van der Waals surface area contributed by atoms with Crippen LogP contribution in [-0.2, 0) is 9.53 Å². The molecule has 0 spiro atoms. The predicted molar refractivity (Wildman–Crippen MR) is 61.6 cm³/mol. The van der Waals surface area contributed by atoms with Crippen molar-refractivity contribution in [3.8, 4) is 0 Å². The van der Waals surface area contributed by atoms with Crippen LogP contribution in [0.3, 0.4) is 0 Å². The second-order valence-corrected chi connectivity index (χ2v) is 4.21. The molecule has 0 heterocycles. The highest BCUT2D eigenvalue weighted by molar-refractivity contribution is 5.88. The van der Waals surface area contributed by atoms with Crippen LogP contribution in [0.4, 0.5) is 0 Å². The maximum Gasteiger partial charge on any atom is 0.333 e. The Morgan fingerprint density at radius 2 is 2.00 bits per heavy atom. The summed E-state index contributed by atoms with van der Waals surface area (Å²) in [4.78, 5) is 11.7. The fraction of sp³-hybridized carbons (Fsp3) is 0.769. The highest BCUT2D eigenvalue weighted by atomic mass is 16.5. The first-order valence-electron chi connectivity index (χ1n) is 6.13. The van der Waals surface area contributed by atoms with Crippen molar-refractivity contribution in [2.24, 2.45) is 5.92 Å². The van der Waals surface area contributed by atoms with Crippen molar-refractivity contribution in [3.63, 3.8) is 0 Å². The van der Waals surface area contributed by atoms with E-state index in [-0.39, 0.29) is 5.97 Å². The van der Waals surface area contributed by atoms with Crippen molar-refractivity contribution in [1.82, 2.24) is 0 Å². The van der Waals surface area contributed by atoms with Crippen LogP contribution in [0, 0.1) is 5.92 Å². The van der Waals surface area contributed by atoms with Gasteiger partial charge in [0.15, 0.2) is 0 Å². The summed E-state index contributed by atoms with van der Waals surface area (Å²) in [7, 11) is 0. The predicted octanol–water partition coefficient (Wildman–Crippen LogP) is 3.47. The Labute approximate surface area is 92.7 Å². The first kappa shape index (κ1) is 12.3. The zero-order chi connectivity index (χ0) is 11.1. The molecular weight excluding hydrogens is 188 g/mol. The monoisotopic (exact) mass is 210 g/mol. The van der Waals surface area contributed by atoms with E-state index in [0.717, 1.165) is 24.8 Å². The molecule has 0 aromatic rings. The van der Waals surface area contributed by atoms with Crippen molar-refractivity contribution in [2.45, 2.75) is 52.4 Å². The number of hydrogen-bond donors (Lipinski definition) is 0. The highest BCUT2D eigenvalue weighted by Gasteiger charge is 2.23. The lowest BCUT2D eigenvalue weighted by molar-refractivity contribution is -0.139. The van der Waals surface area contributed by atoms with Gasteiger partial charge in [-0.2, -0.15) is 0 Å². The topological polar surface area (TPSA) is 26.3 Å². The molecule has 2 heteroatoms. The molecule has 1 rings (SSSR count). The smallest absolute Gasteiger partial charge is 0.333 e. The van der Waals surface area contributed by atoms with E-state index in [1.807, 2.05) is 19.9 Å². The second-order valence-electron chi connectivity index (χ2n) is 4.21. The van der Waals surface area contributed by atoms with E-state index in [1.165, 1.54) is 19.3 Å². The summed E-state index contributed by atoms with van der Waals surface area (Å²) in [5.41, 5.74) is 0.906. The van der Waals surface area contributed by atoms with E-state index in [4.69, 9.17) is 4.74 Å². The van der Waals surface area contributed by atoms with Crippen molar-refractivity contribution in [2.75, 3.05) is 6.61 Å². The Balaban J connectivity index is 2.50. The van der Waals surface area contributed by atoms with Gasteiger partial charge in [0.2, 0.25) is 0 Å². The molecule has 0 N–H and O–H groups in total. The van der Waals surface area contributed by atoms with E-state index in [0.29, 0.717) is 12.5 Å². The third-order valence-corrected chi connectivity index (χ3v) is 3.03. The van der Waals surface area contributed by atoms with Gasteiger partial charge in [-0.3, -0.25) is 0 Å². The molecule has 0 amide bonds. The number of hydrogen-bond acceptors (Lipinski definition) is 2. The van der Waals surface area contributed by atoms with Crippen LogP contribution in [0.2, 0.25) is 0 Å². The fourth-order valence-electron chi connectivity index (χ4n) is 2.21. The van der Waals surface area contributed by atoms with Crippen LogP contribution < -0.4 is 0 Å². The summed E-state index contributed by atoms with van der Waals surface area (Å²) in [5, 5.41) is 0. The molecular formula is C13H22O2. The van der Waals surface area contributed by atoms with Gasteiger partial charge in [-0.15, -0.1) is 0 Å². The van der Waals surface area contributed by atoms with Crippen LogP contribution in [0.1, 0.15) is 52.4 Å². The minimum absolute atomic E-state index is 0.0914. The number of ether oxygens (including phenoxy) is 1. The SMILES string of the molecule is CC=C(C(=O)OCCC)C1CCCCC1. The molecule has 1 fully saturated rings. The van der Waals surface area contributed by atoms with Crippen molar-refractivity contribution >= 4 is 5.97 Å². The first-order valence-corrected chi connectivity index (χ1v) is 6.13. The van der Waals surface area contributed by atoms with E-state index >= 15 is 0 Å². The van der Waals surface area contributed by atoms with Crippen molar-refractivity contribution < 1.29 is 9.53 Å².